The third-order valence-corrected chi connectivity index (χ3v) is 2.28. The van der Waals surface area contributed by atoms with Crippen LogP contribution >= 0.6 is 0 Å². The van der Waals surface area contributed by atoms with E-state index < -0.39 is 5.82 Å². The fourth-order valence-corrected chi connectivity index (χ4v) is 1.44. The summed E-state index contributed by atoms with van der Waals surface area (Å²) in [6.45, 7) is 1.04. The number of halogens is 1. The second-order valence-electron chi connectivity index (χ2n) is 3.46. The Hall–Kier alpha value is -2.26. The molecule has 0 atom stereocenters. The fourth-order valence-electron chi connectivity index (χ4n) is 1.44. The molecule has 1 aromatic carbocycles. The molecule has 1 heterocycles. The summed E-state index contributed by atoms with van der Waals surface area (Å²) in [5, 5.41) is 16.5. The third-order valence-electron chi connectivity index (χ3n) is 2.28. The van der Waals surface area contributed by atoms with Crippen LogP contribution in [0.25, 0.3) is 11.3 Å². The van der Waals surface area contributed by atoms with E-state index in [0.717, 1.165) is 0 Å². The minimum atomic E-state index is -0.536. The van der Waals surface area contributed by atoms with Crippen molar-refractivity contribution in [3.8, 4) is 17.3 Å². The monoisotopic (exact) mass is 231 g/mol. The van der Waals surface area contributed by atoms with Crippen molar-refractivity contribution in [1.82, 2.24) is 15.0 Å². The Morgan fingerprint density at radius 1 is 1.47 bits per heavy atom. The maximum atomic E-state index is 13.1. The maximum absolute atomic E-state index is 13.1. The molecule has 0 spiro atoms. The molecule has 0 fully saturated rings. The molecule has 0 amide bonds. The van der Waals surface area contributed by atoms with Crippen LogP contribution in [0.2, 0.25) is 0 Å². The van der Waals surface area contributed by atoms with Gasteiger partial charge in [-0.2, -0.15) is 5.26 Å². The van der Waals surface area contributed by atoms with Crippen molar-refractivity contribution in [1.29, 1.82) is 5.26 Å². The van der Waals surface area contributed by atoms with Gasteiger partial charge in [0.15, 0.2) is 0 Å². The fraction of sp³-hybridized carbons (Fsp3) is 0.182. The number of aromatic nitrogens is 3. The zero-order chi connectivity index (χ0) is 12.3. The Bertz CT molecular complexity index is 569. The van der Waals surface area contributed by atoms with E-state index in [1.54, 1.807) is 23.0 Å². The van der Waals surface area contributed by atoms with Gasteiger partial charge in [-0.15, -0.1) is 5.10 Å². The molecule has 0 aliphatic carbocycles. The first-order valence-corrected chi connectivity index (χ1v) is 5.05. The Balaban J connectivity index is 2.36. The molecule has 2 aromatic rings. The summed E-state index contributed by atoms with van der Waals surface area (Å²) in [4.78, 5) is 0. The van der Waals surface area contributed by atoms with Crippen molar-refractivity contribution in [2.45, 2.75) is 6.54 Å². The molecule has 0 aliphatic rings. The lowest BCUT2D eigenvalue weighted by Gasteiger charge is -1.97. The van der Waals surface area contributed by atoms with Gasteiger partial charge in [0.1, 0.15) is 17.6 Å². The molecule has 0 unspecified atom stereocenters. The van der Waals surface area contributed by atoms with Gasteiger partial charge in [-0.25, -0.2) is 4.39 Å². The highest BCUT2D eigenvalue weighted by Gasteiger charge is 2.07. The highest BCUT2D eigenvalue weighted by Crippen LogP contribution is 2.19. The molecule has 6 heteroatoms. The number of nitriles is 1. The van der Waals surface area contributed by atoms with E-state index in [9.17, 15) is 4.39 Å². The standard InChI is InChI=1S/C11H10FN5/c12-10-2-1-8(5-9(10)6-14)11-7-17(4-3-13)16-15-11/h1-2,5,7H,3-4,13H2. The van der Waals surface area contributed by atoms with Crippen LogP contribution in [0.5, 0.6) is 0 Å². The third kappa shape index (κ3) is 2.29. The first-order valence-electron chi connectivity index (χ1n) is 5.05. The van der Waals surface area contributed by atoms with Crippen molar-refractivity contribution in [2.24, 2.45) is 5.73 Å². The molecular formula is C11H10FN5. The average Bonchev–Trinajstić information content (AvgIpc) is 2.79. The van der Waals surface area contributed by atoms with Crippen LogP contribution in [0.4, 0.5) is 4.39 Å². The zero-order valence-electron chi connectivity index (χ0n) is 8.97. The van der Waals surface area contributed by atoms with Crippen molar-refractivity contribution in [2.75, 3.05) is 6.54 Å². The molecule has 0 saturated carbocycles. The lowest BCUT2D eigenvalue weighted by atomic mass is 10.1. The summed E-state index contributed by atoms with van der Waals surface area (Å²) in [5.74, 6) is -0.536. The van der Waals surface area contributed by atoms with Gasteiger partial charge in [-0.3, -0.25) is 4.68 Å². The van der Waals surface area contributed by atoms with E-state index in [1.807, 2.05) is 0 Å². The molecule has 5 nitrogen and oxygen atoms in total. The van der Waals surface area contributed by atoms with Crippen molar-refractivity contribution < 1.29 is 4.39 Å². The number of hydrogen-bond donors (Lipinski definition) is 1. The van der Waals surface area contributed by atoms with Gasteiger partial charge in [0, 0.05) is 12.1 Å². The van der Waals surface area contributed by atoms with Gasteiger partial charge < -0.3 is 5.73 Å². The molecule has 0 saturated heterocycles. The molecule has 86 valence electrons. The lowest BCUT2D eigenvalue weighted by molar-refractivity contribution is 0.598. The van der Waals surface area contributed by atoms with Gasteiger partial charge >= 0.3 is 0 Å². The number of benzene rings is 1. The van der Waals surface area contributed by atoms with E-state index in [4.69, 9.17) is 11.0 Å². The van der Waals surface area contributed by atoms with Crippen LogP contribution in [0.3, 0.4) is 0 Å². The second-order valence-corrected chi connectivity index (χ2v) is 3.46. The van der Waals surface area contributed by atoms with E-state index in [-0.39, 0.29) is 5.56 Å². The predicted octanol–water partition coefficient (Wildman–Crippen LogP) is 0.915. The molecule has 0 radical (unpaired) electrons. The summed E-state index contributed by atoms with van der Waals surface area (Å²) in [6, 6.07) is 6.05. The van der Waals surface area contributed by atoms with Gasteiger partial charge in [-0.1, -0.05) is 5.21 Å². The van der Waals surface area contributed by atoms with E-state index in [1.165, 1.54) is 12.1 Å². The topological polar surface area (TPSA) is 80.5 Å². The smallest absolute Gasteiger partial charge is 0.140 e. The van der Waals surface area contributed by atoms with Crippen molar-refractivity contribution >= 4 is 0 Å². The van der Waals surface area contributed by atoms with Gasteiger partial charge in [0.2, 0.25) is 0 Å². The number of rotatable bonds is 3. The number of nitrogens with two attached hydrogens (primary N) is 1. The van der Waals surface area contributed by atoms with Gasteiger partial charge in [0.25, 0.3) is 0 Å². The molecular weight excluding hydrogens is 221 g/mol. The van der Waals surface area contributed by atoms with E-state index in [0.29, 0.717) is 24.3 Å². The normalized spacial score (nSPS) is 10.2. The molecule has 2 rings (SSSR count). The predicted molar refractivity (Wildman–Crippen MR) is 59.2 cm³/mol. The lowest BCUT2D eigenvalue weighted by Crippen LogP contribution is -2.10. The SMILES string of the molecule is N#Cc1cc(-c2cn(CCN)nn2)ccc1F. The summed E-state index contributed by atoms with van der Waals surface area (Å²) in [6.07, 6.45) is 1.71. The largest absolute Gasteiger partial charge is 0.329 e. The minimum Gasteiger partial charge on any atom is -0.329 e. The Kier molecular flexibility index (Phi) is 3.12. The number of hydrogen-bond acceptors (Lipinski definition) is 4. The minimum absolute atomic E-state index is 0.00382. The Labute approximate surface area is 97.3 Å². The first-order chi connectivity index (χ1) is 8.24. The Morgan fingerprint density at radius 3 is 3.00 bits per heavy atom. The molecule has 2 N–H and O–H groups in total. The molecule has 0 aliphatic heterocycles. The van der Waals surface area contributed by atoms with Crippen LogP contribution < -0.4 is 5.73 Å². The number of nitrogens with zero attached hydrogens (tertiary/aromatic N) is 4. The van der Waals surface area contributed by atoms with Crippen molar-refractivity contribution in [3.05, 3.63) is 35.8 Å². The first kappa shape index (κ1) is 11.2. The summed E-state index contributed by atoms with van der Waals surface area (Å²) >= 11 is 0. The highest BCUT2D eigenvalue weighted by molar-refractivity contribution is 5.60. The summed E-state index contributed by atoms with van der Waals surface area (Å²) in [5.41, 5.74) is 6.64. The zero-order valence-corrected chi connectivity index (χ0v) is 8.97. The van der Waals surface area contributed by atoms with Gasteiger partial charge in [-0.05, 0) is 18.2 Å². The second kappa shape index (κ2) is 4.72. The molecule has 17 heavy (non-hydrogen) atoms. The van der Waals surface area contributed by atoms with Gasteiger partial charge in [0.05, 0.1) is 18.3 Å². The van der Waals surface area contributed by atoms with Crippen LogP contribution in [0, 0.1) is 17.1 Å². The molecule has 0 bridgehead atoms. The van der Waals surface area contributed by atoms with Crippen LogP contribution in [-0.2, 0) is 6.54 Å². The van der Waals surface area contributed by atoms with Crippen LogP contribution in [0.15, 0.2) is 24.4 Å². The quantitative estimate of drug-likeness (QED) is 0.851. The van der Waals surface area contributed by atoms with Crippen LogP contribution in [0.1, 0.15) is 5.56 Å². The maximum Gasteiger partial charge on any atom is 0.140 e. The summed E-state index contributed by atoms with van der Waals surface area (Å²) < 4.78 is 14.7. The highest BCUT2D eigenvalue weighted by atomic mass is 19.1. The van der Waals surface area contributed by atoms with E-state index in [2.05, 4.69) is 10.3 Å². The average molecular weight is 231 g/mol. The Morgan fingerprint density at radius 2 is 2.29 bits per heavy atom. The summed E-state index contributed by atoms with van der Waals surface area (Å²) in [7, 11) is 0. The van der Waals surface area contributed by atoms with Crippen LogP contribution in [-0.4, -0.2) is 21.5 Å². The van der Waals surface area contributed by atoms with Crippen molar-refractivity contribution in [3.63, 3.8) is 0 Å². The van der Waals surface area contributed by atoms with E-state index >= 15 is 0 Å². The molecule has 1 aromatic heterocycles.